The Bertz CT molecular complexity index is 559. The Morgan fingerprint density at radius 3 is 2.19 bits per heavy atom. The fraction of sp³-hybridized carbons (Fsp3) is 0.667. The normalized spacial score (nSPS) is 12.9. The lowest BCUT2D eigenvalue weighted by Crippen LogP contribution is -2.59. The number of ketones is 1. The predicted octanol–water partition coefficient (Wildman–Crippen LogP) is 1.32. The molecule has 2 atom stereocenters. The molecule has 0 aliphatic heterocycles. The third-order valence-electron chi connectivity index (χ3n) is 3.03. The largest absolute Gasteiger partial charge is 0.464 e. The molecule has 0 aromatic carbocycles. The molecule has 0 aliphatic carbocycles. The molecule has 26 heavy (non-hydrogen) atoms. The van der Waals surface area contributed by atoms with Crippen molar-refractivity contribution in [2.24, 2.45) is 0 Å². The Morgan fingerprint density at radius 2 is 1.73 bits per heavy atom. The van der Waals surface area contributed by atoms with E-state index in [9.17, 15) is 19.2 Å². The lowest BCUT2D eigenvalue weighted by Gasteiger charge is -2.27. The molecule has 0 saturated carbocycles. The molecule has 8 heteroatoms. The van der Waals surface area contributed by atoms with Crippen molar-refractivity contribution < 1.29 is 28.7 Å². The lowest BCUT2D eigenvalue weighted by molar-refractivity contribution is -0.149. The summed E-state index contributed by atoms with van der Waals surface area (Å²) in [5.74, 6) is 0.578. The van der Waals surface area contributed by atoms with Crippen molar-refractivity contribution in [2.75, 3.05) is 6.61 Å². The average molecular weight is 368 g/mol. The van der Waals surface area contributed by atoms with Gasteiger partial charge in [0.25, 0.3) is 0 Å². The molecule has 0 fully saturated rings. The highest BCUT2D eigenvalue weighted by Crippen LogP contribution is 2.08. The minimum atomic E-state index is -1.36. The number of amides is 2. The van der Waals surface area contributed by atoms with E-state index in [0.29, 0.717) is 12.8 Å². The van der Waals surface area contributed by atoms with Gasteiger partial charge in [-0.05, 0) is 41.0 Å². The standard InChI is InChI=1S/C18H28N2O6/c1-7-9-10-11-13(22)19-15(16(23)25-8-2)14(12(3)21)20-17(24)26-18(4,5)6/h1,14-15H,8-11H2,2-6H3,(H,19,22)(H,20,24)/t14-,15+/m1/s1. The quantitative estimate of drug-likeness (QED) is 0.361. The van der Waals surface area contributed by atoms with Crippen molar-refractivity contribution in [2.45, 2.75) is 71.6 Å². The third-order valence-corrected chi connectivity index (χ3v) is 3.03. The second-order valence-corrected chi connectivity index (χ2v) is 6.59. The SMILES string of the molecule is C#CCCCC(=O)N[C@H](C(=O)OCC)[C@H](NC(=O)OC(C)(C)C)C(C)=O. The average Bonchev–Trinajstić information content (AvgIpc) is 2.49. The zero-order valence-electron chi connectivity index (χ0n) is 16.0. The van der Waals surface area contributed by atoms with Gasteiger partial charge in [-0.15, -0.1) is 12.3 Å². The lowest BCUT2D eigenvalue weighted by atomic mass is 10.0. The maximum atomic E-state index is 12.2. The molecule has 0 aliphatic rings. The Labute approximate surface area is 154 Å². The zero-order valence-corrected chi connectivity index (χ0v) is 16.0. The maximum Gasteiger partial charge on any atom is 0.408 e. The Hall–Kier alpha value is -2.56. The summed E-state index contributed by atoms with van der Waals surface area (Å²) in [5.41, 5.74) is -0.788. The van der Waals surface area contributed by atoms with E-state index in [0.717, 1.165) is 0 Å². The van der Waals surface area contributed by atoms with E-state index < -0.39 is 41.4 Å². The van der Waals surface area contributed by atoms with Crippen LogP contribution in [0.2, 0.25) is 0 Å². The highest BCUT2D eigenvalue weighted by Gasteiger charge is 2.36. The highest BCUT2D eigenvalue weighted by molar-refractivity contribution is 5.95. The summed E-state index contributed by atoms with van der Waals surface area (Å²) in [7, 11) is 0. The molecule has 0 aromatic rings. The summed E-state index contributed by atoms with van der Waals surface area (Å²) in [4.78, 5) is 48.2. The zero-order chi connectivity index (χ0) is 20.3. The van der Waals surface area contributed by atoms with Gasteiger partial charge in [-0.25, -0.2) is 9.59 Å². The second kappa shape index (κ2) is 11.1. The molecule has 8 nitrogen and oxygen atoms in total. The van der Waals surface area contributed by atoms with E-state index >= 15 is 0 Å². The number of alkyl carbamates (subject to hydrolysis) is 1. The van der Waals surface area contributed by atoms with Gasteiger partial charge in [0.05, 0.1) is 6.61 Å². The number of terminal acetylenes is 1. The molecule has 0 bridgehead atoms. The number of ether oxygens (including phenoxy) is 2. The van der Waals surface area contributed by atoms with E-state index in [1.54, 1.807) is 27.7 Å². The van der Waals surface area contributed by atoms with Crippen LogP contribution in [0.25, 0.3) is 0 Å². The summed E-state index contributed by atoms with van der Waals surface area (Å²) in [5, 5.41) is 4.76. The molecule has 0 rings (SSSR count). The summed E-state index contributed by atoms with van der Waals surface area (Å²) < 4.78 is 10.0. The summed E-state index contributed by atoms with van der Waals surface area (Å²) in [6.07, 6.45) is 5.17. The van der Waals surface area contributed by atoms with Crippen LogP contribution in [-0.4, -0.2) is 48.0 Å². The first kappa shape index (κ1) is 23.4. The van der Waals surface area contributed by atoms with Crippen molar-refractivity contribution in [3.05, 3.63) is 0 Å². The molecular formula is C18H28N2O6. The minimum absolute atomic E-state index is 0.0549. The smallest absolute Gasteiger partial charge is 0.408 e. The van der Waals surface area contributed by atoms with Gasteiger partial charge in [0.2, 0.25) is 5.91 Å². The monoisotopic (exact) mass is 368 g/mol. The first-order chi connectivity index (χ1) is 12.0. The molecule has 0 spiro atoms. The van der Waals surface area contributed by atoms with Gasteiger partial charge in [-0.3, -0.25) is 9.59 Å². The summed E-state index contributed by atoms with van der Waals surface area (Å²) >= 11 is 0. The number of Topliss-reactive ketones (excluding diaryl/α,β-unsaturated/α-hetero) is 1. The number of hydrogen-bond donors (Lipinski definition) is 2. The summed E-state index contributed by atoms with van der Waals surface area (Å²) in [6.45, 7) is 7.81. The Morgan fingerprint density at radius 1 is 1.12 bits per heavy atom. The number of nitrogens with one attached hydrogen (secondary N) is 2. The van der Waals surface area contributed by atoms with E-state index in [4.69, 9.17) is 15.9 Å². The first-order valence-electron chi connectivity index (χ1n) is 8.41. The van der Waals surface area contributed by atoms with E-state index in [1.807, 2.05) is 0 Å². The fourth-order valence-corrected chi connectivity index (χ4v) is 1.96. The van der Waals surface area contributed by atoms with Crippen LogP contribution in [0, 0.1) is 12.3 Å². The molecule has 2 N–H and O–H groups in total. The van der Waals surface area contributed by atoms with E-state index in [-0.39, 0.29) is 13.0 Å². The van der Waals surface area contributed by atoms with Crippen LogP contribution >= 0.6 is 0 Å². The minimum Gasteiger partial charge on any atom is -0.464 e. The van der Waals surface area contributed by atoms with Crippen LogP contribution in [-0.2, 0) is 23.9 Å². The molecule has 0 radical (unpaired) electrons. The Balaban J connectivity index is 5.27. The van der Waals surface area contributed by atoms with Crippen molar-refractivity contribution in [1.29, 1.82) is 0 Å². The molecule has 0 aromatic heterocycles. The van der Waals surface area contributed by atoms with Crippen LogP contribution in [0.1, 0.15) is 53.9 Å². The van der Waals surface area contributed by atoms with Gasteiger partial charge >= 0.3 is 12.1 Å². The number of esters is 1. The number of rotatable bonds is 9. The van der Waals surface area contributed by atoms with Gasteiger partial charge < -0.3 is 20.1 Å². The van der Waals surface area contributed by atoms with Crippen LogP contribution in [0.5, 0.6) is 0 Å². The highest BCUT2D eigenvalue weighted by atomic mass is 16.6. The molecule has 2 amide bonds. The predicted molar refractivity (Wildman–Crippen MR) is 95.1 cm³/mol. The molecular weight excluding hydrogens is 340 g/mol. The molecule has 0 heterocycles. The topological polar surface area (TPSA) is 111 Å². The number of hydrogen-bond acceptors (Lipinski definition) is 6. The number of carbonyl (C=O) groups excluding carboxylic acids is 4. The number of carbonyl (C=O) groups is 4. The van der Waals surface area contributed by atoms with Crippen LogP contribution in [0.4, 0.5) is 4.79 Å². The maximum absolute atomic E-state index is 12.2. The van der Waals surface area contributed by atoms with Crippen LogP contribution in [0.15, 0.2) is 0 Å². The van der Waals surface area contributed by atoms with Gasteiger partial charge in [0, 0.05) is 12.8 Å². The molecule has 0 unspecified atom stereocenters. The number of unbranched alkanes of at least 4 members (excludes halogenated alkanes) is 1. The summed E-state index contributed by atoms with van der Waals surface area (Å²) in [6, 6.07) is -2.68. The fourth-order valence-electron chi connectivity index (χ4n) is 1.96. The van der Waals surface area contributed by atoms with Gasteiger partial charge in [0.1, 0.15) is 11.6 Å². The van der Waals surface area contributed by atoms with Crippen molar-refractivity contribution in [1.82, 2.24) is 10.6 Å². The van der Waals surface area contributed by atoms with Crippen LogP contribution in [0.3, 0.4) is 0 Å². The van der Waals surface area contributed by atoms with Gasteiger partial charge in [-0.2, -0.15) is 0 Å². The Kier molecular flexibility index (Phi) is 10.0. The van der Waals surface area contributed by atoms with Gasteiger partial charge in [-0.1, -0.05) is 0 Å². The van der Waals surface area contributed by atoms with Crippen LogP contribution < -0.4 is 10.6 Å². The second-order valence-electron chi connectivity index (χ2n) is 6.59. The first-order valence-corrected chi connectivity index (χ1v) is 8.41. The van der Waals surface area contributed by atoms with Crippen molar-refractivity contribution >= 4 is 23.8 Å². The van der Waals surface area contributed by atoms with E-state index in [1.165, 1.54) is 6.92 Å². The third kappa shape index (κ3) is 9.67. The van der Waals surface area contributed by atoms with Crippen molar-refractivity contribution in [3.8, 4) is 12.3 Å². The molecule has 146 valence electrons. The van der Waals surface area contributed by atoms with Gasteiger partial charge in [0.15, 0.2) is 11.8 Å². The molecule has 0 saturated heterocycles. The van der Waals surface area contributed by atoms with Crippen molar-refractivity contribution in [3.63, 3.8) is 0 Å². The van der Waals surface area contributed by atoms with E-state index in [2.05, 4.69) is 16.6 Å².